The van der Waals surface area contributed by atoms with Gasteiger partial charge in [-0.3, -0.25) is 9.59 Å². The van der Waals surface area contributed by atoms with Gasteiger partial charge in [0.15, 0.2) is 12.1 Å². The number of benzene rings is 3. The lowest BCUT2D eigenvalue weighted by Crippen LogP contribution is -2.25. The van der Waals surface area contributed by atoms with Gasteiger partial charge in [0.2, 0.25) is 0 Å². The number of carbonyl (C=O) groups excluding carboxylic acids is 2. The zero-order chi connectivity index (χ0) is 34.2. The Balaban J connectivity index is 1.15. The zero-order valence-electron chi connectivity index (χ0n) is 25.2. The summed E-state index contributed by atoms with van der Waals surface area (Å²) < 4.78 is 2.38. The van der Waals surface area contributed by atoms with E-state index in [-0.39, 0.29) is 48.6 Å². The van der Waals surface area contributed by atoms with Crippen LogP contribution >= 0.6 is 0 Å². The molecule has 2 heterocycles. The first-order valence-electron chi connectivity index (χ1n) is 14.5. The van der Waals surface area contributed by atoms with Crippen LogP contribution in [0.5, 0.6) is 11.5 Å². The van der Waals surface area contributed by atoms with Gasteiger partial charge in [-0.05, 0) is 53.6 Å². The van der Waals surface area contributed by atoms with E-state index in [9.17, 15) is 39.6 Å². The molecule has 0 fully saturated rings. The van der Waals surface area contributed by atoms with Crippen LogP contribution in [0.4, 0.5) is 0 Å². The van der Waals surface area contributed by atoms with E-state index in [1.807, 2.05) is 0 Å². The van der Waals surface area contributed by atoms with Crippen LogP contribution in [0.2, 0.25) is 0 Å². The van der Waals surface area contributed by atoms with Crippen molar-refractivity contribution >= 4 is 23.8 Å². The highest BCUT2D eigenvalue weighted by molar-refractivity contribution is 5.99. The zero-order valence-corrected chi connectivity index (χ0v) is 25.2. The Morgan fingerprint density at radius 1 is 0.625 bits per heavy atom. The molecule has 0 aliphatic carbocycles. The number of aromatic nitrogens is 6. The fraction of sp³-hybridized carbons (Fsp3) is 0.188. The molecule has 0 saturated heterocycles. The molecule has 5 rings (SSSR count). The van der Waals surface area contributed by atoms with Gasteiger partial charge in [0, 0.05) is 24.0 Å². The Morgan fingerprint density at radius 2 is 1.02 bits per heavy atom. The number of phenols is 2. The number of rotatable bonds is 14. The van der Waals surface area contributed by atoms with Gasteiger partial charge in [0.05, 0.1) is 25.5 Å². The van der Waals surface area contributed by atoms with Crippen molar-refractivity contribution in [3.05, 3.63) is 119 Å². The van der Waals surface area contributed by atoms with E-state index in [2.05, 4.69) is 31.3 Å². The van der Waals surface area contributed by atoms with E-state index in [1.54, 1.807) is 24.3 Å². The second-order valence-electron chi connectivity index (χ2n) is 10.8. The summed E-state index contributed by atoms with van der Waals surface area (Å²) >= 11 is 0. The fourth-order valence-electron chi connectivity index (χ4n) is 4.74. The Hall–Kier alpha value is -6.58. The number of nitrogens with zero attached hydrogens (tertiary/aromatic N) is 6. The standard InChI is InChI=1S/C32H30N8O8/c41-25-8-4-19(5-9-25)12-27(31(45)46)39-17-23(35-37-39)15-33-29(43)21-2-1-3-22(14-21)30(44)34-16-24-18-40(38-36-24)28(32(47)48)13-20-6-10-26(42)11-7-20/h1-11,14,17-18,27-28,41-42H,12-13,15-16H2,(H,33,43)(H,34,44)(H,45,46)(H,47,48)/t27-,28-/m0/s1. The third kappa shape index (κ3) is 8.36. The molecule has 3 aromatic carbocycles. The molecule has 6 N–H and O–H groups in total. The number of amides is 2. The van der Waals surface area contributed by atoms with E-state index >= 15 is 0 Å². The molecule has 0 spiro atoms. The van der Waals surface area contributed by atoms with Crippen LogP contribution in [0.1, 0.15) is 55.3 Å². The first-order valence-corrected chi connectivity index (χ1v) is 14.5. The van der Waals surface area contributed by atoms with Crippen LogP contribution in [0, 0.1) is 0 Å². The van der Waals surface area contributed by atoms with E-state index in [0.717, 1.165) is 0 Å². The average Bonchev–Trinajstić information content (AvgIpc) is 3.75. The first-order chi connectivity index (χ1) is 23.0. The Bertz CT molecular complexity index is 1790. The molecule has 0 bridgehead atoms. The maximum Gasteiger partial charge on any atom is 0.328 e. The van der Waals surface area contributed by atoms with Gasteiger partial charge in [0.1, 0.15) is 22.9 Å². The lowest BCUT2D eigenvalue weighted by atomic mass is 10.1. The molecule has 0 saturated carbocycles. The summed E-state index contributed by atoms with van der Waals surface area (Å²) in [7, 11) is 0. The highest BCUT2D eigenvalue weighted by atomic mass is 16.4. The number of hydrogen-bond acceptors (Lipinski definition) is 10. The van der Waals surface area contributed by atoms with Crippen molar-refractivity contribution in [2.45, 2.75) is 38.0 Å². The van der Waals surface area contributed by atoms with Gasteiger partial charge in [-0.2, -0.15) is 0 Å². The summed E-state index contributed by atoms with van der Waals surface area (Å²) in [6.07, 6.45) is 3.04. The summed E-state index contributed by atoms with van der Waals surface area (Å²) in [5, 5.41) is 59.5. The molecule has 16 heteroatoms. The molecule has 0 aliphatic heterocycles. The van der Waals surface area contributed by atoms with Gasteiger partial charge in [-0.15, -0.1) is 10.2 Å². The maximum absolute atomic E-state index is 12.9. The molecule has 246 valence electrons. The van der Waals surface area contributed by atoms with Crippen molar-refractivity contribution in [2.24, 2.45) is 0 Å². The molecule has 5 aromatic rings. The first kappa shape index (κ1) is 32.8. The molecule has 2 amide bonds. The molecule has 48 heavy (non-hydrogen) atoms. The molecular formula is C32H30N8O8. The molecule has 2 aromatic heterocycles. The van der Waals surface area contributed by atoms with Gasteiger partial charge in [0.25, 0.3) is 11.8 Å². The number of carboxylic acid groups (broad SMARTS) is 2. The minimum absolute atomic E-state index is 0.0550. The third-order valence-corrected chi connectivity index (χ3v) is 7.30. The summed E-state index contributed by atoms with van der Waals surface area (Å²) in [6, 6.07) is 16.2. The van der Waals surface area contributed by atoms with Gasteiger partial charge in [-0.25, -0.2) is 19.0 Å². The van der Waals surface area contributed by atoms with Crippen molar-refractivity contribution in [3.63, 3.8) is 0 Å². The van der Waals surface area contributed by atoms with Gasteiger partial charge in [-0.1, -0.05) is 40.8 Å². The monoisotopic (exact) mass is 654 g/mol. The normalized spacial score (nSPS) is 12.2. The fourth-order valence-corrected chi connectivity index (χ4v) is 4.74. The number of aliphatic carboxylic acids is 2. The summed E-state index contributed by atoms with van der Waals surface area (Å²) in [6.45, 7) is -0.110. The summed E-state index contributed by atoms with van der Waals surface area (Å²) in [4.78, 5) is 49.5. The van der Waals surface area contributed by atoms with Gasteiger partial charge < -0.3 is 31.1 Å². The lowest BCUT2D eigenvalue weighted by molar-refractivity contribution is -0.142. The minimum atomic E-state index is -1.13. The van der Waals surface area contributed by atoms with E-state index in [0.29, 0.717) is 22.5 Å². The smallest absolute Gasteiger partial charge is 0.328 e. The Morgan fingerprint density at radius 3 is 1.40 bits per heavy atom. The number of aromatic hydroxyl groups is 2. The number of carbonyl (C=O) groups is 4. The molecule has 16 nitrogen and oxygen atoms in total. The van der Waals surface area contributed by atoms with E-state index in [4.69, 9.17) is 0 Å². The summed E-state index contributed by atoms with van der Waals surface area (Å²) in [5.74, 6) is -3.14. The predicted octanol–water partition coefficient (Wildman–Crippen LogP) is 1.88. The minimum Gasteiger partial charge on any atom is -0.508 e. The van der Waals surface area contributed by atoms with Crippen LogP contribution < -0.4 is 10.6 Å². The van der Waals surface area contributed by atoms with Crippen molar-refractivity contribution < 1.29 is 39.6 Å². The van der Waals surface area contributed by atoms with Crippen molar-refractivity contribution in [1.29, 1.82) is 0 Å². The quantitative estimate of drug-likeness (QED) is 0.101. The molecule has 0 aliphatic rings. The van der Waals surface area contributed by atoms with Gasteiger partial charge >= 0.3 is 11.9 Å². The molecular weight excluding hydrogens is 624 g/mol. The van der Waals surface area contributed by atoms with Crippen molar-refractivity contribution in [1.82, 2.24) is 40.6 Å². The number of phenolic OH excluding ortho intramolecular Hbond substituents is 2. The van der Waals surface area contributed by atoms with Crippen molar-refractivity contribution in [2.75, 3.05) is 0 Å². The van der Waals surface area contributed by atoms with Crippen LogP contribution in [0.25, 0.3) is 0 Å². The maximum atomic E-state index is 12.9. The van der Waals surface area contributed by atoms with Crippen molar-refractivity contribution in [3.8, 4) is 11.5 Å². The highest BCUT2D eigenvalue weighted by Gasteiger charge is 2.23. The van der Waals surface area contributed by atoms with Crippen LogP contribution in [-0.4, -0.2) is 74.2 Å². The lowest BCUT2D eigenvalue weighted by Gasteiger charge is -2.12. The molecule has 2 atom stereocenters. The number of carboxylic acids is 2. The Labute approximate surface area is 272 Å². The topological polar surface area (TPSA) is 235 Å². The van der Waals surface area contributed by atoms with Crippen LogP contribution in [-0.2, 0) is 35.5 Å². The average molecular weight is 655 g/mol. The van der Waals surface area contributed by atoms with E-state index in [1.165, 1.54) is 70.3 Å². The highest BCUT2D eigenvalue weighted by Crippen LogP contribution is 2.19. The molecule has 0 radical (unpaired) electrons. The second-order valence-corrected chi connectivity index (χ2v) is 10.8. The number of hydrogen-bond donors (Lipinski definition) is 6. The van der Waals surface area contributed by atoms with Crippen LogP contribution in [0.3, 0.4) is 0 Å². The van der Waals surface area contributed by atoms with E-state index < -0.39 is 35.8 Å². The largest absolute Gasteiger partial charge is 0.508 e. The molecule has 0 unspecified atom stereocenters. The second kappa shape index (κ2) is 14.7. The number of nitrogens with one attached hydrogen (secondary N) is 2. The SMILES string of the molecule is O=C(NCc1cn([C@@H](Cc2ccc(O)cc2)C(=O)O)nn1)c1cccc(C(=O)NCc2cn([C@@H](Cc3ccc(O)cc3)C(=O)O)nn2)c1. The predicted molar refractivity (Wildman–Crippen MR) is 166 cm³/mol. The van der Waals surface area contributed by atoms with Crippen LogP contribution in [0.15, 0.2) is 85.2 Å². The third-order valence-electron chi connectivity index (χ3n) is 7.30. The summed E-state index contributed by atoms with van der Waals surface area (Å²) in [5.41, 5.74) is 2.36. The Kier molecular flexibility index (Phi) is 10.0.